The van der Waals surface area contributed by atoms with E-state index in [1.54, 1.807) is 24.4 Å². The van der Waals surface area contributed by atoms with Crippen LogP contribution in [-0.2, 0) is 11.3 Å². The number of fused-ring (bicyclic) bond motifs is 2. The smallest absolute Gasteiger partial charge is 0.239 e. The van der Waals surface area contributed by atoms with E-state index in [9.17, 15) is 4.79 Å². The lowest BCUT2D eigenvalue weighted by molar-refractivity contribution is -0.132. The Bertz CT molecular complexity index is 1000. The van der Waals surface area contributed by atoms with E-state index in [2.05, 4.69) is 57.7 Å². The summed E-state index contributed by atoms with van der Waals surface area (Å²) in [5.74, 6) is 1.15. The molecule has 1 atom stereocenters. The third kappa shape index (κ3) is 11.0. The van der Waals surface area contributed by atoms with Gasteiger partial charge in [-0.1, -0.05) is 33.8 Å². The Balaban J connectivity index is 0.00000229. The molecule has 2 N–H and O–H groups in total. The number of benzene rings is 1. The quantitative estimate of drug-likeness (QED) is 0.557. The minimum Gasteiger partial charge on any atom is -0.496 e. The molecule has 1 aromatic carbocycles. The van der Waals surface area contributed by atoms with Crippen molar-refractivity contribution in [3.8, 4) is 5.75 Å². The standard InChI is InChI=1S/C26H39N7O2.C3H8/c1-8-23-25(34)33(6)14-10-13-32(5)18-21(16-28-9-2)19(3)30-26(27-4)31-22-11-12-24(35-7)20(15-22)17-29-23;1-3-2/h9,11-12,15-16,23,29H,3-4,8,10,13-14,17-18H2,1-2,5-7H3,(H,30,31);3H2,1-2H3/b21-16+,28-9?;/t23-;/m0./s1. The van der Waals surface area contributed by atoms with Gasteiger partial charge in [0.05, 0.1) is 18.8 Å². The van der Waals surface area contributed by atoms with E-state index in [4.69, 9.17) is 4.74 Å². The molecule has 0 aromatic heterocycles. The van der Waals surface area contributed by atoms with Gasteiger partial charge in [-0.3, -0.25) is 9.79 Å². The van der Waals surface area contributed by atoms with Crippen LogP contribution in [0.3, 0.4) is 0 Å². The van der Waals surface area contributed by atoms with Crippen molar-refractivity contribution in [2.75, 3.05) is 46.2 Å². The third-order valence-electron chi connectivity index (χ3n) is 5.77. The van der Waals surface area contributed by atoms with Crippen LogP contribution in [-0.4, -0.2) is 81.5 Å². The second-order valence-electron chi connectivity index (χ2n) is 9.15. The summed E-state index contributed by atoms with van der Waals surface area (Å²) in [7, 11) is 5.52. The Hall–Kier alpha value is -3.30. The van der Waals surface area contributed by atoms with Crippen LogP contribution < -0.4 is 15.4 Å². The minimum absolute atomic E-state index is 0.0843. The fraction of sp³-hybridized carbons (Fsp3) is 0.517. The lowest BCUT2D eigenvalue weighted by Gasteiger charge is -2.26. The van der Waals surface area contributed by atoms with Crippen LogP contribution in [0, 0.1) is 0 Å². The summed E-state index contributed by atoms with van der Waals surface area (Å²) in [6.45, 7) is 18.5. The maximum absolute atomic E-state index is 13.1. The van der Waals surface area contributed by atoms with Gasteiger partial charge in [-0.2, -0.15) is 0 Å². The molecule has 2 rings (SSSR count). The van der Waals surface area contributed by atoms with Crippen LogP contribution in [0.4, 0.5) is 5.69 Å². The number of carbonyl (C=O) groups is 1. The van der Waals surface area contributed by atoms with Crippen molar-refractivity contribution >= 4 is 30.5 Å². The number of ether oxygens (including phenoxy) is 1. The lowest BCUT2D eigenvalue weighted by atomic mass is 10.1. The van der Waals surface area contributed by atoms with Gasteiger partial charge in [-0.05, 0) is 58.3 Å². The van der Waals surface area contributed by atoms with E-state index in [0.717, 1.165) is 35.5 Å². The first-order valence-corrected chi connectivity index (χ1v) is 13.3. The van der Waals surface area contributed by atoms with E-state index < -0.39 is 0 Å². The largest absolute Gasteiger partial charge is 0.496 e. The molecule has 0 radical (unpaired) electrons. The SMILES string of the molecule is C=NC1=NC(=C)/C(=C/N=CC)CN(C)CCCN(C)C(=O)[C@H](CC)NCc2cc(ccc2OC)N1.CCC. The number of anilines is 1. The number of methoxy groups -OCH3 is 1. The average Bonchev–Trinajstić information content (AvgIpc) is 2.90. The molecule has 0 saturated carbocycles. The maximum atomic E-state index is 13.1. The predicted molar refractivity (Wildman–Crippen MR) is 162 cm³/mol. The monoisotopic (exact) mass is 525 g/mol. The molecule has 2 bridgehead atoms. The molecule has 1 heterocycles. The first-order chi connectivity index (χ1) is 18.2. The first kappa shape index (κ1) is 32.7. The van der Waals surface area contributed by atoms with Gasteiger partial charge in [0, 0.05) is 55.9 Å². The zero-order valence-electron chi connectivity index (χ0n) is 24.4. The maximum Gasteiger partial charge on any atom is 0.239 e. The number of carbonyl (C=O) groups excluding carboxylic acids is 1. The van der Waals surface area contributed by atoms with Crippen LogP contribution >= 0.6 is 0 Å². The molecule has 1 amide bonds. The van der Waals surface area contributed by atoms with E-state index >= 15 is 0 Å². The Kier molecular flexibility index (Phi) is 15.5. The summed E-state index contributed by atoms with van der Waals surface area (Å²) >= 11 is 0. The Labute approximate surface area is 229 Å². The zero-order valence-corrected chi connectivity index (χ0v) is 24.4. The zero-order chi connectivity index (χ0) is 28.5. The second-order valence-corrected chi connectivity index (χ2v) is 9.15. The van der Waals surface area contributed by atoms with Gasteiger partial charge in [-0.25, -0.2) is 9.98 Å². The number of rotatable bonds is 3. The number of guanidine groups is 1. The van der Waals surface area contributed by atoms with E-state index in [0.29, 0.717) is 37.7 Å². The number of amides is 1. The first-order valence-electron chi connectivity index (χ1n) is 13.3. The highest BCUT2D eigenvalue weighted by Gasteiger charge is 2.21. The highest BCUT2D eigenvalue weighted by atomic mass is 16.5. The Morgan fingerprint density at radius 2 is 1.95 bits per heavy atom. The molecule has 38 heavy (non-hydrogen) atoms. The van der Waals surface area contributed by atoms with Crippen molar-refractivity contribution in [2.45, 2.75) is 59.5 Å². The molecule has 9 heteroatoms. The number of aliphatic imine (C=N–C) groups is 3. The summed E-state index contributed by atoms with van der Waals surface area (Å²) in [6.07, 6.45) is 6.26. The summed E-state index contributed by atoms with van der Waals surface area (Å²) in [5.41, 5.74) is 3.10. The molecule has 9 nitrogen and oxygen atoms in total. The van der Waals surface area contributed by atoms with Gasteiger partial charge >= 0.3 is 0 Å². The fourth-order valence-electron chi connectivity index (χ4n) is 3.76. The molecule has 1 aliphatic rings. The van der Waals surface area contributed by atoms with Crippen molar-refractivity contribution in [1.29, 1.82) is 0 Å². The van der Waals surface area contributed by atoms with Crippen LogP contribution in [0.15, 0.2) is 57.2 Å². The van der Waals surface area contributed by atoms with Gasteiger partial charge in [0.25, 0.3) is 0 Å². The van der Waals surface area contributed by atoms with Gasteiger partial charge in [0.15, 0.2) is 0 Å². The Morgan fingerprint density at radius 3 is 2.55 bits per heavy atom. The molecular formula is C29H47N7O2. The van der Waals surface area contributed by atoms with Crippen LogP contribution in [0.1, 0.15) is 52.5 Å². The predicted octanol–water partition coefficient (Wildman–Crippen LogP) is 4.73. The lowest BCUT2D eigenvalue weighted by Crippen LogP contribution is -2.45. The molecule has 0 spiro atoms. The van der Waals surface area contributed by atoms with E-state index in [1.807, 2.05) is 46.1 Å². The number of nitrogens with zero attached hydrogens (tertiary/aromatic N) is 5. The number of hydrogen-bond donors (Lipinski definition) is 2. The van der Waals surface area contributed by atoms with Crippen LogP contribution in [0.2, 0.25) is 0 Å². The van der Waals surface area contributed by atoms with Crippen molar-refractivity contribution in [2.24, 2.45) is 15.0 Å². The molecule has 210 valence electrons. The van der Waals surface area contributed by atoms with E-state index in [1.165, 1.54) is 6.42 Å². The summed E-state index contributed by atoms with van der Waals surface area (Å²) < 4.78 is 5.54. The average molecular weight is 526 g/mol. The summed E-state index contributed by atoms with van der Waals surface area (Å²) in [6, 6.07) is 5.42. The molecule has 0 fully saturated rings. The van der Waals surface area contributed by atoms with Gasteiger partial charge in [0.2, 0.25) is 11.9 Å². The van der Waals surface area contributed by atoms with Gasteiger partial charge < -0.3 is 25.2 Å². The molecular weight excluding hydrogens is 478 g/mol. The summed E-state index contributed by atoms with van der Waals surface area (Å²) in [5, 5.41) is 6.60. The van der Waals surface area contributed by atoms with Crippen molar-refractivity contribution in [3.05, 3.63) is 47.8 Å². The third-order valence-corrected chi connectivity index (χ3v) is 5.77. The van der Waals surface area contributed by atoms with Crippen molar-refractivity contribution < 1.29 is 9.53 Å². The fourth-order valence-corrected chi connectivity index (χ4v) is 3.76. The normalized spacial score (nSPS) is 19.7. The second kappa shape index (κ2) is 18.0. The molecule has 1 aromatic rings. The van der Waals surface area contributed by atoms with Crippen molar-refractivity contribution in [3.63, 3.8) is 0 Å². The number of likely N-dealkylation sites (N-methyl/N-ethyl adjacent to an activating group) is 2. The molecule has 0 aliphatic carbocycles. The van der Waals surface area contributed by atoms with Crippen LogP contribution in [0.25, 0.3) is 0 Å². The number of hydrogen-bond acceptors (Lipinski definition) is 8. The summed E-state index contributed by atoms with van der Waals surface area (Å²) in [4.78, 5) is 29.9. The highest BCUT2D eigenvalue weighted by Crippen LogP contribution is 2.23. The Morgan fingerprint density at radius 1 is 1.24 bits per heavy atom. The van der Waals surface area contributed by atoms with Gasteiger partial charge in [-0.15, -0.1) is 0 Å². The molecule has 1 aliphatic heterocycles. The van der Waals surface area contributed by atoms with Crippen LogP contribution in [0.5, 0.6) is 5.75 Å². The topological polar surface area (TPSA) is 93.9 Å². The van der Waals surface area contributed by atoms with E-state index in [-0.39, 0.29) is 11.9 Å². The van der Waals surface area contributed by atoms with Crippen molar-refractivity contribution in [1.82, 2.24) is 15.1 Å². The highest BCUT2D eigenvalue weighted by molar-refractivity contribution is 5.97. The minimum atomic E-state index is -0.283. The molecule has 0 saturated heterocycles. The number of nitrogens with one attached hydrogen (secondary N) is 2. The van der Waals surface area contributed by atoms with Gasteiger partial charge in [0.1, 0.15) is 5.75 Å². The molecule has 0 unspecified atom stereocenters.